The van der Waals surface area contributed by atoms with Crippen LogP contribution in [0, 0.1) is 11.8 Å². The fraction of sp³-hybridized carbons (Fsp3) is 0.667. The first-order chi connectivity index (χ1) is 7.77. The van der Waals surface area contributed by atoms with Crippen molar-refractivity contribution in [1.82, 2.24) is 9.97 Å². The minimum atomic E-state index is 0.561. The topological polar surface area (TPSA) is 38.2 Å². The standard InChI is InChI=1S/C12H19N3O/c1-10(2)11-8-15(6-7-16-9-11)12-13-4-3-5-14-12/h3-5,10-11H,6-9H2,1-2H3/t11-/m0/s1. The van der Waals surface area contributed by atoms with E-state index in [4.69, 9.17) is 4.74 Å². The molecule has 0 radical (unpaired) electrons. The molecule has 4 nitrogen and oxygen atoms in total. The molecular formula is C12H19N3O. The molecule has 16 heavy (non-hydrogen) atoms. The van der Waals surface area contributed by atoms with E-state index < -0.39 is 0 Å². The highest BCUT2D eigenvalue weighted by Crippen LogP contribution is 2.18. The summed E-state index contributed by atoms with van der Waals surface area (Å²) in [4.78, 5) is 10.8. The molecule has 1 saturated heterocycles. The van der Waals surface area contributed by atoms with Crippen LogP contribution < -0.4 is 4.90 Å². The summed E-state index contributed by atoms with van der Waals surface area (Å²) in [6, 6.07) is 1.84. The van der Waals surface area contributed by atoms with Gasteiger partial charge in [0.25, 0.3) is 0 Å². The molecule has 1 aliphatic heterocycles. The first-order valence-corrected chi connectivity index (χ1v) is 5.87. The molecule has 0 aliphatic carbocycles. The maximum absolute atomic E-state index is 5.62. The Kier molecular flexibility index (Phi) is 3.72. The number of rotatable bonds is 2. The van der Waals surface area contributed by atoms with Gasteiger partial charge >= 0.3 is 0 Å². The summed E-state index contributed by atoms with van der Waals surface area (Å²) in [5.41, 5.74) is 0. The van der Waals surface area contributed by atoms with Crippen LogP contribution in [0.2, 0.25) is 0 Å². The van der Waals surface area contributed by atoms with E-state index in [1.54, 1.807) is 12.4 Å². The molecule has 0 aromatic carbocycles. The van der Waals surface area contributed by atoms with E-state index in [0.29, 0.717) is 11.8 Å². The van der Waals surface area contributed by atoms with Crippen molar-refractivity contribution in [2.75, 3.05) is 31.2 Å². The maximum Gasteiger partial charge on any atom is 0.225 e. The Morgan fingerprint density at radius 2 is 2.12 bits per heavy atom. The van der Waals surface area contributed by atoms with Crippen LogP contribution in [-0.4, -0.2) is 36.3 Å². The van der Waals surface area contributed by atoms with Gasteiger partial charge in [0.1, 0.15) is 0 Å². The fourth-order valence-corrected chi connectivity index (χ4v) is 1.88. The van der Waals surface area contributed by atoms with Crippen molar-refractivity contribution >= 4 is 5.95 Å². The molecule has 2 heterocycles. The molecule has 0 unspecified atom stereocenters. The van der Waals surface area contributed by atoms with Gasteiger partial charge in [-0.1, -0.05) is 13.8 Å². The smallest absolute Gasteiger partial charge is 0.225 e. The Labute approximate surface area is 96.7 Å². The average molecular weight is 221 g/mol. The number of hydrogen-bond acceptors (Lipinski definition) is 4. The van der Waals surface area contributed by atoms with Crippen LogP contribution in [0.15, 0.2) is 18.5 Å². The van der Waals surface area contributed by atoms with Crippen LogP contribution in [-0.2, 0) is 4.74 Å². The van der Waals surface area contributed by atoms with Gasteiger partial charge in [-0.15, -0.1) is 0 Å². The van der Waals surface area contributed by atoms with Gasteiger partial charge in [-0.3, -0.25) is 0 Å². The maximum atomic E-state index is 5.62. The molecule has 0 saturated carbocycles. The zero-order valence-corrected chi connectivity index (χ0v) is 9.97. The third kappa shape index (κ3) is 2.70. The SMILES string of the molecule is CC(C)[C@@H]1COCCN(c2ncccn2)C1. The second-order valence-electron chi connectivity index (χ2n) is 4.57. The molecule has 2 rings (SSSR count). The number of nitrogens with zero attached hydrogens (tertiary/aromatic N) is 3. The lowest BCUT2D eigenvalue weighted by atomic mass is 9.96. The second kappa shape index (κ2) is 5.25. The molecule has 4 heteroatoms. The largest absolute Gasteiger partial charge is 0.379 e. The highest BCUT2D eigenvalue weighted by Gasteiger charge is 2.22. The molecule has 88 valence electrons. The minimum absolute atomic E-state index is 0.561. The predicted molar refractivity (Wildman–Crippen MR) is 63.4 cm³/mol. The van der Waals surface area contributed by atoms with Crippen LogP contribution >= 0.6 is 0 Å². The van der Waals surface area contributed by atoms with Crippen LogP contribution in [0.3, 0.4) is 0 Å². The van der Waals surface area contributed by atoms with Crippen LogP contribution in [0.1, 0.15) is 13.8 Å². The summed E-state index contributed by atoms with van der Waals surface area (Å²) >= 11 is 0. The third-order valence-corrected chi connectivity index (χ3v) is 3.07. The lowest BCUT2D eigenvalue weighted by Crippen LogP contribution is -2.33. The zero-order valence-electron chi connectivity index (χ0n) is 9.97. The summed E-state index contributed by atoms with van der Waals surface area (Å²) in [6.45, 7) is 7.96. The average Bonchev–Trinajstić information content (AvgIpc) is 2.56. The third-order valence-electron chi connectivity index (χ3n) is 3.07. The summed E-state index contributed by atoms with van der Waals surface area (Å²) in [6.07, 6.45) is 3.58. The number of ether oxygens (including phenoxy) is 1. The summed E-state index contributed by atoms with van der Waals surface area (Å²) < 4.78 is 5.62. The van der Waals surface area contributed by atoms with Crippen molar-refractivity contribution < 1.29 is 4.74 Å². The Hall–Kier alpha value is -1.16. The van der Waals surface area contributed by atoms with Crippen molar-refractivity contribution in [3.8, 4) is 0 Å². The second-order valence-corrected chi connectivity index (χ2v) is 4.57. The Balaban J connectivity index is 2.09. The summed E-state index contributed by atoms with van der Waals surface area (Å²) in [5.74, 6) is 2.01. The van der Waals surface area contributed by atoms with Gasteiger partial charge in [0, 0.05) is 31.4 Å². The molecule has 0 bridgehead atoms. The molecule has 0 spiro atoms. The first-order valence-electron chi connectivity index (χ1n) is 5.87. The highest BCUT2D eigenvalue weighted by molar-refractivity contribution is 5.28. The summed E-state index contributed by atoms with van der Waals surface area (Å²) in [5, 5.41) is 0. The quantitative estimate of drug-likeness (QED) is 0.760. The van der Waals surface area contributed by atoms with E-state index in [-0.39, 0.29) is 0 Å². The van der Waals surface area contributed by atoms with Gasteiger partial charge in [-0.25, -0.2) is 9.97 Å². The lowest BCUT2D eigenvalue weighted by molar-refractivity contribution is 0.108. The summed E-state index contributed by atoms with van der Waals surface area (Å²) in [7, 11) is 0. The van der Waals surface area contributed by atoms with Gasteiger partial charge < -0.3 is 9.64 Å². The van der Waals surface area contributed by atoms with Gasteiger partial charge in [-0.05, 0) is 12.0 Å². The van der Waals surface area contributed by atoms with Gasteiger partial charge in [-0.2, -0.15) is 0 Å². The molecule has 0 N–H and O–H groups in total. The van der Waals surface area contributed by atoms with Crippen molar-refractivity contribution in [2.24, 2.45) is 11.8 Å². The van der Waals surface area contributed by atoms with Gasteiger partial charge in [0.05, 0.1) is 13.2 Å². The highest BCUT2D eigenvalue weighted by atomic mass is 16.5. The fourth-order valence-electron chi connectivity index (χ4n) is 1.88. The Morgan fingerprint density at radius 3 is 2.81 bits per heavy atom. The van der Waals surface area contributed by atoms with Gasteiger partial charge in [0.2, 0.25) is 5.95 Å². The Morgan fingerprint density at radius 1 is 1.38 bits per heavy atom. The lowest BCUT2D eigenvalue weighted by Gasteiger charge is -2.25. The molecule has 0 amide bonds. The zero-order chi connectivity index (χ0) is 11.4. The van der Waals surface area contributed by atoms with Crippen LogP contribution in [0.4, 0.5) is 5.95 Å². The van der Waals surface area contributed by atoms with E-state index in [2.05, 4.69) is 28.7 Å². The monoisotopic (exact) mass is 221 g/mol. The molecule has 1 fully saturated rings. The van der Waals surface area contributed by atoms with E-state index in [1.165, 1.54) is 0 Å². The van der Waals surface area contributed by atoms with Crippen molar-refractivity contribution in [3.05, 3.63) is 18.5 Å². The van der Waals surface area contributed by atoms with Crippen molar-refractivity contribution in [3.63, 3.8) is 0 Å². The molecule has 1 atom stereocenters. The van der Waals surface area contributed by atoms with Crippen LogP contribution in [0.25, 0.3) is 0 Å². The molecule has 1 aromatic heterocycles. The van der Waals surface area contributed by atoms with E-state index in [0.717, 1.165) is 32.3 Å². The van der Waals surface area contributed by atoms with E-state index in [9.17, 15) is 0 Å². The molecule has 1 aliphatic rings. The minimum Gasteiger partial charge on any atom is -0.379 e. The molecule has 1 aromatic rings. The Bertz CT molecular complexity index is 315. The molecular weight excluding hydrogens is 202 g/mol. The number of hydrogen-bond donors (Lipinski definition) is 0. The van der Waals surface area contributed by atoms with Gasteiger partial charge in [0.15, 0.2) is 0 Å². The van der Waals surface area contributed by atoms with Crippen molar-refractivity contribution in [1.29, 1.82) is 0 Å². The predicted octanol–water partition coefficient (Wildman–Crippen LogP) is 1.59. The number of aromatic nitrogens is 2. The van der Waals surface area contributed by atoms with E-state index >= 15 is 0 Å². The van der Waals surface area contributed by atoms with Crippen molar-refractivity contribution in [2.45, 2.75) is 13.8 Å². The normalized spacial score (nSPS) is 22.2. The first kappa shape index (κ1) is 11.3. The van der Waals surface area contributed by atoms with Crippen LogP contribution in [0.5, 0.6) is 0 Å². The van der Waals surface area contributed by atoms with E-state index in [1.807, 2.05) is 6.07 Å². The number of anilines is 1.